The van der Waals surface area contributed by atoms with Gasteiger partial charge in [-0.15, -0.1) is 0 Å². The predicted octanol–water partition coefficient (Wildman–Crippen LogP) is 5.43. The number of pyridine rings is 1. The summed E-state index contributed by atoms with van der Waals surface area (Å²) in [5, 5.41) is 27.7. The van der Waals surface area contributed by atoms with Gasteiger partial charge in [-0.05, 0) is 46.9 Å². The van der Waals surface area contributed by atoms with Gasteiger partial charge in [-0.25, -0.2) is 4.79 Å². The van der Waals surface area contributed by atoms with Crippen molar-refractivity contribution in [2.45, 2.75) is 50.5 Å². The third-order valence-corrected chi connectivity index (χ3v) is 9.01. The van der Waals surface area contributed by atoms with Gasteiger partial charge in [0.1, 0.15) is 6.54 Å². The summed E-state index contributed by atoms with van der Waals surface area (Å²) >= 11 is 1.46. The van der Waals surface area contributed by atoms with E-state index in [9.17, 15) is 19.9 Å². The number of carbonyl (C=O) groups excluding carboxylic acids is 2. The number of aliphatic hydroxyl groups is 1. The monoisotopic (exact) mass is 657 g/mol. The van der Waals surface area contributed by atoms with Gasteiger partial charge in [-0.3, -0.25) is 4.79 Å². The summed E-state index contributed by atoms with van der Waals surface area (Å²) in [6, 6.07) is 28.5. The number of carbonyl (C=O) groups is 2. The molecule has 3 N–H and O–H groups in total. The van der Waals surface area contributed by atoms with Gasteiger partial charge in [0.2, 0.25) is 0 Å². The number of ether oxygens (including phenoxy) is 3. The summed E-state index contributed by atoms with van der Waals surface area (Å²) < 4.78 is 18.8. The Morgan fingerprint density at radius 1 is 0.915 bits per heavy atom. The van der Waals surface area contributed by atoms with Crippen molar-refractivity contribution in [2.24, 2.45) is 5.92 Å². The lowest BCUT2D eigenvalue weighted by molar-refractivity contribution is -0.645. The Morgan fingerprint density at radius 2 is 1.68 bits per heavy atom. The molecule has 1 aliphatic heterocycles. The van der Waals surface area contributed by atoms with Crippen LogP contribution in [0, 0.1) is 11.1 Å². The van der Waals surface area contributed by atoms with E-state index in [2.05, 4.69) is 17.6 Å². The molecule has 1 fully saturated rings. The minimum absolute atomic E-state index is 0.00888. The molecule has 0 bridgehead atoms. The fourth-order valence-corrected chi connectivity index (χ4v) is 6.38. The molecule has 0 spiro atoms. The van der Waals surface area contributed by atoms with Crippen LogP contribution in [-0.4, -0.2) is 42.1 Å². The lowest BCUT2D eigenvalue weighted by atomic mass is 9.91. The maximum absolute atomic E-state index is 12.3. The molecule has 11 heteroatoms. The number of thioether (sulfide) groups is 1. The van der Waals surface area contributed by atoms with Crippen molar-refractivity contribution in [3.05, 3.63) is 125 Å². The second kappa shape index (κ2) is 16.4. The minimum atomic E-state index is -0.632. The van der Waals surface area contributed by atoms with Crippen molar-refractivity contribution in [3.63, 3.8) is 0 Å². The van der Waals surface area contributed by atoms with Gasteiger partial charge in [0.05, 0.1) is 25.4 Å². The number of hydrogen-bond acceptors (Lipinski definition) is 8. The Balaban J connectivity index is 1.28. The molecule has 1 saturated heterocycles. The Kier molecular flexibility index (Phi) is 11.9. The Labute approximate surface area is 278 Å². The normalized spacial score (nSPS) is 19.1. The van der Waals surface area contributed by atoms with Crippen LogP contribution in [0.4, 0.5) is 4.79 Å². The van der Waals surface area contributed by atoms with Crippen LogP contribution in [0.2, 0.25) is 0 Å². The fraction of sp³-hybridized carbons (Fsp3) is 0.306. The van der Waals surface area contributed by atoms with Crippen LogP contribution in [0.1, 0.15) is 48.5 Å². The Bertz CT molecular complexity index is 1630. The first-order chi connectivity index (χ1) is 22.8. The van der Waals surface area contributed by atoms with Crippen LogP contribution >= 0.6 is 11.8 Å². The minimum Gasteiger partial charge on any atom is -0.618 e. The van der Waals surface area contributed by atoms with E-state index in [0.717, 1.165) is 38.1 Å². The standard InChI is InChI=1S/C36H39N3O7S/c1-3-44-33(41)21-38-36(42)37-20-26-7-6-8-30(19-26)27-14-16-29(17-15-27)35-45-31(23-47-32-9-4-5-18-39(32)43)24(2)34(46-35)28-12-10-25(22-40)11-13-28/h4-19,24,31,34-35,40H,3,20-23H2,1-2H3,(H2,37,38,42)/t24-,31+,34+,35+/m1/s1. The summed E-state index contributed by atoms with van der Waals surface area (Å²) in [6.45, 7) is 4.13. The molecule has 0 saturated carbocycles. The van der Waals surface area contributed by atoms with Crippen molar-refractivity contribution >= 4 is 23.8 Å². The number of nitrogens with one attached hydrogen (secondary N) is 2. The van der Waals surface area contributed by atoms with Crippen LogP contribution in [0.25, 0.3) is 11.1 Å². The van der Waals surface area contributed by atoms with Crippen molar-refractivity contribution < 1.29 is 33.6 Å². The maximum Gasteiger partial charge on any atom is 0.325 e. The van der Waals surface area contributed by atoms with E-state index < -0.39 is 18.3 Å². The highest BCUT2D eigenvalue weighted by molar-refractivity contribution is 7.99. The van der Waals surface area contributed by atoms with E-state index in [1.807, 2.05) is 78.9 Å². The SMILES string of the molecule is CCOC(=O)CNC(=O)NCc1cccc(-c2ccc([C@H]3O[C@@H](CSc4cccc[n+]4[O-])[C@@H](C)[C@@H](c4ccc(CO)cc4)O3)cc2)c1. The number of aromatic nitrogens is 1. The molecule has 1 aromatic heterocycles. The van der Waals surface area contributed by atoms with E-state index in [-0.39, 0.29) is 44.4 Å². The van der Waals surface area contributed by atoms with Gasteiger partial charge >= 0.3 is 12.0 Å². The van der Waals surface area contributed by atoms with Crippen LogP contribution < -0.4 is 15.4 Å². The highest BCUT2D eigenvalue weighted by Crippen LogP contribution is 2.43. The summed E-state index contributed by atoms with van der Waals surface area (Å²) in [7, 11) is 0. The van der Waals surface area contributed by atoms with Gasteiger partial charge in [-0.1, -0.05) is 85.4 Å². The van der Waals surface area contributed by atoms with Gasteiger partial charge < -0.3 is 35.2 Å². The quantitative estimate of drug-likeness (QED) is 0.0796. The van der Waals surface area contributed by atoms with Gasteiger partial charge in [-0.2, -0.15) is 4.73 Å². The molecular weight excluding hydrogens is 618 g/mol. The van der Waals surface area contributed by atoms with E-state index >= 15 is 0 Å². The van der Waals surface area contributed by atoms with Gasteiger partial charge in [0.25, 0.3) is 5.03 Å². The smallest absolute Gasteiger partial charge is 0.325 e. The second-order valence-corrected chi connectivity index (χ2v) is 12.2. The van der Waals surface area contributed by atoms with Crippen LogP contribution in [-0.2, 0) is 32.2 Å². The summed E-state index contributed by atoms with van der Waals surface area (Å²) in [5.74, 6) is 0.0703. The lowest BCUT2D eigenvalue weighted by Crippen LogP contribution is -2.39. The topological polar surface area (TPSA) is 133 Å². The van der Waals surface area contributed by atoms with Gasteiger partial charge in [0.15, 0.2) is 12.5 Å². The fourth-order valence-electron chi connectivity index (χ4n) is 5.30. The zero-order chi connectivity index (χ0) is 33.2. The first kappa shape index (κ1) is 33.9. The molecule has 4 atom stereocenters. The molecule has 5 rings (SSSR count). The van der Waals surface area contributed by atoms with E-state index in [4.69, 9.17) is 14.2 Å². The summed E-state index contributed by atoms with van der Waals surface area (Å²) in [4.78, 5) is 23.6. The Hall–Kier alpha value is -4.42. The summed E-state index contributed by atoms with van der Waals surface area (Å²) in [5.41, 5.74) is 5.55. The molecule has 246 valence electrons. The summed E-state index contributed by atoms with van der Waals surface area (Å²) in [6.07, 6.45) is 0.386. The number of benzene rings is 3. The van der Waals surface area contributed by atoms with E-state index in [1.165, 1.54) is 18.0 Å². The second-order valence-electron chi connectivity index (χ2n) is 11.2. The number of urea groups is 1. The first-order valence-corrected chi connectivity index (χ1v) is 16.5. The molecule has 0 aliphatic carbocycles. The molecule has 0 radical (unpaired) electrons. The zero-order valence-electron chi connectivity index (χ0n) is 26.3. The van der Waals surface area contributed by atoms with Crippen LogP contribution in [0.15, 0.2) is 102 Å². The first-order valence-electron chi connectivity index (χ1n) is 15.5. The number of hydrogen-bond donors (Lipinski definition) is 3. The molecule has 47 heavy (non-hydrogen) atoms. The third-order valence-electron chi connectivity index (χ3n) is 7.90. The highest BCUT2D eigenvalue weighted by atomic mass is 32.2. The van der Waals surface area contributed by atoms with Gasteiger partial charge in [0, 0.05) is 35.9 Å². The zero-order valence-corrected chi connectivity index (χ0v) is 27.2. The molecule has 10 nitrogen and oxygen atoms in total. The van der Waals surface area contributed by atoms with Crippen molar-refractivity contribution in [3.8, 4) is 11.1 Å². The number of esters is 1. The number of nitrogens with zero attached hydrogens (tertiary/aromatic N) is 1. The number of amides is 2. The number of aliphatic hydroxyl groups excluding tert-OH is 1. The molecule has 3 aromatic carbocycles. The van der Waals surface area contributed by atoms with Crippen LogP contribution in [0.3, 0.4) is 0 Å². The molecule has 0 unspecified atom stereocenters. The average Bonchev–Trinajstić information content (AvgIpc) is 3.10. The van der Waals surface area contributed by atoms with Crippen molar-refractivity contribution in [2.75, 3.05) is 18.9 Å². The molecule has 2 heterocycles. The van der Waals surface area contributed by atoms with Crippen molar-refractivity contribution in [1.82, 2.24) is 10.6 Å². The highest BCUT2D eigenvalue weighted by Gasteiger charge is 2.38. The molecule has 4 aromatic rings. The molecule has 1 aliphatic rings. The third kappa shape index (κ3) is 9.11. The average molecular weight is 658 g/mol. The number of rotatable bonds is 12. The van der Waals surface area contributed by atoms with E-state index in [0.29, 0.717) is 10.8 Å². The van der Waals surface area contributed by atoms with Crippen LogP contribution in [0.5, 0.6) is 0 Å². The van der Waals surface area contributed by atoms with E-state index in [1.54, 1.807) is 19.1 Å². The maximum atomic E-state index is 12.3. The Morgan fingerprint density at radius 3 is 2.40 bits per heavy atom. The molecular formula is C36H39N3O7S. The predicted molar refractivity (Wildman–Crippen MR) is 178 cm³/mol. The molecule has 2 amide bonds. The van der Waals surface area contributed by atoms with Crippen molar-refractivity contribution in [1.29, 1.82) is 0 Å². The lowest BCUT2D eigenvalue weighted by Gasteiger charge is -2.41. The largest absolute Gasteiger partial charge is 0.618 e.